The van der Waals surface area contributed by atoms with Gasteiger partial charge in [-0.25, -0.2) is 0 Å². The minimum absolute atomic E-state index is 0.548. The minimum atomic E-state index is -0.548. The topological polar surface area (TPSA) is 35.5 Å². The standard InChI is InChI=1S/C17H24O3/c1-17(2)19-15-12-9-11-14(16(15)20-17)10-7-5-3-4-6-8-13-18/h9,11-13H,3-8,10H2,1-2H3. The summed E-state index contributed by atoms with van der Waals surface area (Å²) in [6.07, 6.45) is 8.46. The van der Waals surface area contributed by atoms with Gasteiger partial charge >= 0.3 is 0 Å². The molecule has 20 heavy (non-hydrogen) atoms. The van der Waals surface area contributed by atoms with Crippen LogP contribution in [0.15, 0.2) is 18.2 Å². The fraction of sp³-hybridized carbons (Fsp3) is 0.588. The average Bonchev–Trinajstić information content (AvgIpc) is 2.72. The van der Waals surface area contributed by atoms with E-state index in [4.69, 9.17) is 9.47 Å². The number of unbranched alkanes of at least 4 members (excludes halogenated alkanes) is 5. The minimum Gasteiger partial charge on any atom is -0.449 e. The highest BCUT2D eigenvalue weighted by Gasteiger charge is 2.32. The lowest BCUT2D eigenvalue weighted by atomic mass is 10.0. The van der Waals surface area contributed by atoms with Crippen LogP contribution in [-0.2, 0) is 11.2 Å². The predicted octanol–water partition coefficient (Wildman–Crippen LogP) is 4.28. The summed E-state index contributed by atoms with van der Waals surface area (Å²) in [5.41, 5.74) is 1.24. The van der Waals surface area contributed by atoms with Gasteiger partial charge in [0.05, 0.1) is 0 Å². The van der Waals surface area contributed by atoms with Gasteiger partial charge in [-0.05, 0) is 30.9 Å². The first kappa shape index (κ1) is 14.9. The zero-order valence-corrected chi connectivity index (χ0v) is 12.5. The molecule has 0 atom stereocenters. The molecule has 2 rings (SSSR count). The van der Waals surface area contributed by atoms with Gasteiger partial charge in [-0.1, -0.05) is 31.4 Å². The van der Waals surface area contributed by atoms with Gasteiger partial charge in [0.1, 0.15) is 6.29 Å². The van der Waals surface area contributed by atoms with Crippen molar-refractivity contribution in [3.63, 3.8) is 0 Å². The lowest BCUT2D eigenvalue weighted by Crippen LogP contribution is -2.29. The van der Waals surface area contributed by atoms with Gasteiger partial charge in [-0.3, -0.25) is 0 Å². The van der Waals surface area contributed by atoms with Crippen LogP contribution in [0.2, 0.25) is 0 Å². The van der Waals surface area contributed by atoms with E-state index in [0.717, 1.165) is 43.5 Å². The van der Waals surface area contributed by atoms with Crippen molar-refractivity contribution < 1.29 is 14.3 Å². The lowest BCUT2D eigenvalue weighted by Gasteiger charge is -2.16. The molecule has 3 nitrogen and oxygen atoms in total. The summed E-state index contributed by atoms with van der Waals surface area (Å²) < 4.78 is 11.6. The van der Waals surface area contributed by atoms with Crippen LogP contribution < -0.4 is 9.47 Å². The molecule has 0 N–H and O–H groups in total. The second kappa shape index (κ2) is 6.78. The number of hydrogen-bond donors (Lipinski definition) is 0. The largest absolute Gasteiger partial charge is 0.449 e. The molecule has 0 aromatic heterocycles. The summed E-state index contributed by atoms with van der Waals surface area (Å²) in [6.45, 7) is 3.87. The van der Waals surface area contributed by atoms with Gasteiger partial charge in [0.15, 0.2) is 11.5 Å². The molecule has 0 fully saturated rings. The molecule has 0 saturated carbocycles. The van der Waals surface area contributed by atoms with E-state index < -0.39 is 5.79 Å². The SMILES string of the molecule is CC1(C)Oc2cccc(CCCCCCCC=O)c2O1. The Labute approximate surface area is 121 Å². The highest BCUT2D eigenvalue weighted by atomic mass is 16.7. The van der Waals surface area contributed by atoms with Crippen LogP contribution in [0.3, 0.4) is 0 Å². The molecule has 0 spiro atoms. The number of hydrogen-bond acceptors (Lipinski definition) is 3. The third-order valence-corrected chi connectivity index (χ3v) is 3.53. The van der Waals surface area contributed by atoms with Crippen LogP contribution in [0.5, 0.6) is 11.5 Å². The van der Waals surface area contributed by atoms with Crippen molar-refractivity contribution in [1.82, 2.24) is 0 Å². The first-order valence-corrected chi connectivity index (χ1v) is 7.56. The summed E-state index contributed by atoms with van der Waals surface area (Å²) in [7, 11) is 0. The van der Waals surface area contributed by atoms with E-state index in [0.29, 0.717) is 6.42 Å². The van der Waals surface area contributed by atoms with Gasteiger partial charge in [0, 0.05) is 20.3 Å². The van der Waals surface area contributed by atoms with Crippen LogP contribution in [0, 0.1) is 0 Å². The van der Waals surface area contributed by atoms with Crippen molar-refractivity contribution in [2.24, 2.45) is 0 Å². The van der Waals surface area contributed by atoms with Crippen LogP contribution in [0.1, 0.15) is 57.9 Å². The molecular formula is C17H24O3. The quantitative estimate of drug-likeness (QED) is 0.525. The van der Waals surface area contributed by atoms with E-state index in [1.54, 1.807) is 0 Å². The zero-order valence-electron chi connectivity index (χ0n) is 12.5. The highest BCUT2D eigenvalue weighted by molar-refractivity contribution is 5.49. The molecule has 0 saturated heterocycles. The molecule has 110 valence electrons. The summed E-state index contributed by atoms with van der Waals surface area (Å²) >= 11 is 0. The maximum atomic E-state index is 10.2. The van der Waals surface area contributed by atoms with Crippen molar-refractivity contribution in [3.05, 3.63) is 23.8 Å². The number of para-hydroxylation sites is 1. The normalized spacial score (nSPS) is 15.3. The third-order valence-electron chi connectivity index (χ3n) is 3.53. The molecule has 1 aromatic rings. The Morgan fingerprint density at radius 3 is 2.60 bits per heavy atom. The van der Waals surface area contributed by atoms with E-state index in [2.05, 4.69) is 6.07 Å². The molecule has 1 aliphatic rings. The molecular weight excluding hydrogens is 252 g/mol. The maximum absolute atomic E-state index is 10.2. The number of carbonyl (C=O) groups is 1. The number of fused-ring (bicyclic) bond motifs is 1. The molecule has 1 aliphatic heterocycles. The first-order valence-electron chi connectivity index (χ1n) is 7.56. The fourth-order valence-corrected chi connectivity index (χ4v) is 2.56. The molecule has 1 aromatic carbocycles. The monoisotopic (exact) mass is 276 g/mol. The van der Waals surface area contributed by atoms with Crippen molar-refractivity contribution in [2.45, 2.75) is 64.6 Å². The van der Waals surface area contributed by atoms with Crippen LogP contribution >= 0.6 is 0 Å². The van der Waals surface area contributed by atoms with Crippen LogP contribution in [-0.4, -0.2) is 12.1 Å². The molecule has 0 unspecified atom stereocenters. The van der Waals surface area contributed by atoms with Crippen molar-refractivity contribution in [3.8, 4) is 11.5 Å². The summed E-state index contributed by atoms with van der Waals surface area (Å²) in [6, 6.07) is 6.12. The fourth-order valence-electron chi connectivity index (χ4n) is 2.56. The molecule has 0 radical (unpaired) electrons. The number of carbonyl (C=O) groups excluding carboxylic acids is 1. The van der Waals surface area contributed by atoms with Gasteiger partial charge in [0.2, 0.25) is 5.79 Å². The maximum Gasteiger partial charge on any atom is 0.246 e. The number of rotatable bonds is 8. The van der Waals surface area contributed by atoms with Crippen molar-refractivity contribution in [2.75, 3.05) is 0 Å². The molecule has 1 heterocycles. The Bertz CT molecular complexity index is 452. The van der Waals surface area contributed by atoms with E-state index >= 15 is 0 Å². The molecule has 0 aliphatic carbocycles. The Morgan fingerprint density at radius 2 is 1.80 bits per heavy atom. The number of aryl methyl sites for hydroxylation is 1. The predicted molar refractivity (Wildman–Crippen MR) is 79.2 cm³/mol. The summed E-state index contributed by atoms with van der Waals surface area (Å²) in [5.74, 6) is 1.23. The smallest absolute Gasteiger partial charge is 0.246 e. The second-order valence-corrected chi connectivity index (χ2v) is 5.82. The second-order valence-electron chi connectivity index (χ2n) is 5.82. The van der Waals surface area contributed by atoms with Crippen molar-refractivity contribution in [1.29, 1.82) is 0 Å². The molecule has 0 amide bonds. The van der Waals surface area contributed by atoms with E-state index in [1.807, 2.05) is 26.0 Å². The van der Waals surface area contributed by atoms with Gasteiger partial charge in [-0.2, -0.15) is 0 Å². The van der Waals surface area contributed by atoms with Crippen LogP contribution in [0.25, 0.3) is 0 Å². The number of benzene rings is 1. The zero-order chi connectivity index (χ0) is 14.4. The Kier molecular flexibility index (Phi) is 5.05. The number of ether oxygens (including phenoxy) is 2. The molecule has 3 heteroatoms. The average molecular weight is 276 g/mol. The third kappa shape index (κ3) is 3.99. The van der Waals surface area contributed by atoms with Gasteiger partial charge < -0.3 is 14.3 Å². The first-order chi connectivity index (χ1) is 9.62. The lowest BCUT2D eigenvalue weighted by molar-refractivity contribution is -0.107. The Morgan fingerprint density at radius 1 is 1.05 bits per heavy atom. The van der Waals surface area contributed by atoms with E-state index in [-0.39, 0.29) is 0 Å². The summed E-state index contributed by atoms with van der Waals surface area (Å²) in [5, 5.41) is 0. The van der Waals surface area contributed by atoms with Gasteiger partial charge in [-0.15, -0.1) is 0 Å². The van der Waals surface area contributed by atoms with Crippen molar-refractivity contribution >= 4 is 6.29 Å². The van der Waals surface area contributed by atoms with E-state index in [1.165, 1.54) is 18.4 Å². The Hall–Kier alpha value is -1.51. The van der Waals surface area contributed by atoms with Crippen LogP contribution in [0.4, 0.5) is 0 Å². The van der Waals surface area contributed by atoms with Gasteiger partial charge in [0.25, 0.3) is 0 Å². The Balaban J connectivity index is 1.78. The summed E-state index contributed by atoms with van der Waals surface area (Å²) in [4.78, 5) is 10.2. The van der Waals surface area contributed by atoms with E-state index in [9.17, 15) is 4.79 Å². The number of aldehydes is 1. The molecule has 0 bridgehead atoms. The highest BCUT2D eigenvalue weighted by Crippen LogP contribution is 2.42.